The predicted octanol–water partition coefficient (Wildman–Crippen LogP) is 3.93. The van der Waals surface area contributed by atoms with Gasteiger partial charge in [0.1, 0.15) is 5.75 Å². The van der Waals surface area contributed by atoms with E-state index < -0.39 is 0 Å². The van der Waals surface area contributed by atoms with E-state index in [2.05, 4.69) is 26.5 Å². The number of carbonyl (C=O) groups is 1. The molecule has 0 saturated heterocycles. The molecular weight excluding hydrogens is 356 g/mol. The van der Waals surface area contributed by atoms with Crippen LogP contribution >= 0.6 is 15.9 Å². The van der Waals surface area contributed by atoms with E-state index >= 15 is 0 Å². The molecule has 0 spiro atoms. The van der Waals surface area contributed by atoms with Gasteiger partial charge in [-0.2, -0.15) is 5.10 Å². The van der Waals surface area contributed by atoms with E-state index in [1.54, 1.807) is 0 Å². The van der Waals surface area contributed by atoms with Crippen molar-refractivity contribution < 1.29 is 9.53 Å². The summed E-state index contributed by atoms with van der Waals surface area (Å²) in [5.74, 6) is 0.681. The van der Waals surface area contributed by atoms with Crippen LogP contribution in [0.1, 0.15) is 25.0 Å². The summed E-state index contributed by atoms with van der Waals surface area (Å²) in [6.07, 6.45) is 0.299. The van der Waals surface area contributed by atoms with Gasteiger partial charge in [-0.3, -0.25) is 4.79 Å². The zero-order valence-electron chi connectivity index (χ0n) is 13.2. The molecule has 23 heavy (non-hydrogen) atoms. The number of nitrogens with one attached hydrogen (secondary N) is 1. The predicted molar refractivity (Wildman–Crippen MR) is 95.8 cm³/mol. The Hall–Kier alpha value is -2.14. The number of carbonyl (C=O) groups excluding carboxylic acids is 1. The standard InChI is InChI=1S/C18H19BrN2O2/c1-3-23-17-10-6-15(7-11-17)13(2)20-21-18(22)12-14-4-8-16(19)9-5-14/h4-11H,3,12H2,1-2H3,(H,21,22)/b20-13-. The Morgan fingerprint density at radius 3 is 2.39 bits per heavy atom. The van der Waals surface area contributed by atoms with E-state index in [1.165, 1.54) is 0 Å². The number of halogens is 1. The molecule has 4 nitrogen and oxygen atoms in total. The van der Waals surface area contributed by atoms with Crippen molar-refractivity contribution in [1.82, 2.24) is 5.43 Å². The first-order chi connectivity index (χ1) is 11.1. The third kappa shape index (κ3) is 5.53. The Balaban J connectivity index is 1.92. The normalized spacial score (nSPS) is 11.2. The van der Waals surface area contributed by atoms with Gasteiger partial charge in [0.15, 0.2) is 0 Å². The minimum absolute atomic E-state index is 0.141. The van der Waals surface area contributed by atoms with E-state index in [4.69, 9.17) is 4.74 Å². The molecule has 0 aliphatic carbocycles. The topological polar surface area (TPSA) is 50.7 Å². The second kappa shape index (κ2) is 8.48. The molecule has 0 heterocycles. The number of ether oxygens (including phenoxy) is 1. The Labute approximate surface area is 144 Å². The lowest BCUT2D eigenvalue weighted by atomic mass is 10.1. The average molecular weight is 375 g/mol. The second-order valence-electron chi connectivity index (χ2n) is 4.99. The van der Waals surface area contributed by atoms with Crippen LogP contribution in [0.3, 0.4) is 0 Å². The molecule has 1 N–H and O–H groups in total. The highest BCUT2D eigenvalue weighted by Crippen LogP contribution is 2.13. The number of nitrogens with zero attached hydrogens (tertiary/aromatic N) is 1. The molecule has 0 bridgehead atoms. The van der Waals surface area contributed by atoms with Crippen LogP contribution in [0.4, 0.5) is 0 Å². The van der Waals surface area contributed by atoms with Crippen molar-refractivity contribution in [1.29, 1.82) is 0 Å². The number of benzene rings is 2. The van der Waals surface area contributed by atoms with E-state index in [0.717, 1.165) is 27.1 Å². The van der Waals surface area contributed by atoms with Crippen molar-refractivity contribution in [3.63, 3.8) is 0 Å². The van der Waals surface area contributed by atoms with Crippen LogP contribution in [0.15, 0.2) is 58.1 Å². The quantitative estimate of drug-likeness (QED) is 0.614. The number of hydrazone groups is 1. The zero-order chi connectivity index (χ0) is 16.7. The van der Waals surface area contributed by atoms with Crippen LogP contribution in [0, 0.1) is 0 Å². The van der Waals surface area contributed by atoms with Crippen LogP contribution in [0.5, 0.6) is 5.75 Å². The molecule has 0 unspecified atom stereocenters. The fourth-order valence-electron chi connectivity index (χ4n) is 2.00. The largest absolute Gasteiger partial charge is 0.494 e. The van der Waals surface area contributed by atoms with Crippen molar-refractivity contribution in [2.24, 2.45) is 5.10 Å². The summed E-state index contributed by atoms with van der Waals surface area (Å²) in [5, 5.41) is 4.15. The van der Waals surface area contributed by atoms with Gasteiger partial charge in [-0.05, 0) is 61.4 Å². The molecule has 5 heteroatoms. The smallest absolute Gasteiger partial charge is 0.244 e. The summed E-state index contributed by atoms with van der Waals surface area (Å²) in [6, 6.07) is 15.3. The third-order valence-electron chi connectivity index (χ3n) is 3.21. The molecule has 2 aromatic carbocycles. The van der Waals surface area contributed by atoms with E-state index in [1.807, 2.05) is 62.4 Å². The van der Waals surface area contributed by atoms with E-state index in [9.17, 15) is 4.79 Å². The van der Waals surface area contributed by atoms with Crippen molar-refractivity contribution in [3.8, 4) is 5.75 Å². The first kappa shape index (κ1) is 17.2. The summed E-state index contributed by atoms with van der Waals surface area (Å²) in [5.41, 5.74) is 5.22. The Morgan fingerprint density at radius 1 is 1.13 bits per heavy atom. The maximum Gasteiger partial charge on any atom is 0.244 e. The van der Waals surface area contributed by atoms with Crippen LogP contribution in [0.25, 0.3) is 0 Å². The van der Waals surface area contributed by atoms with Gasteiger partial charge >= 0.3 is 0 Å². The second-order valence-corrected chi connectivity index (χ2v) is 5.91. The monoisotopic (exact) mass is 374 g/mol. The van der Waals surface area contributed by atoms with E-state index in [0.29, 0.717) is 13.0 Å². The molecule has 0 fully saturated rings. The molecular formula is C18H19BrN2O2. The molecule has 0 aromatic heterocycles. The summed E-state index contributed by atoms with van der Waals surface area (Å²) in [6.45, 7) is 4.44. The highest BCUT2D eigenvalue weighted by molar-refractivity contribution is 9.10. The fraction of sp³-hybridized carbons (Fsp3) is 0.222. The van der Waals surface area contributed by atoms with Gasteiger partial charge in [0.25, 0.3) is 0 Å². The number of hydrogen-bond donors (Lipinski definition) is 1. The van der Waals surface area contributed by atoms with Gasteiger partial charge in [-0.1, -0.05) is 28.1 Å². The molecule has 0 saturated carbocycles. The first-order valence-electron chi connectivity index (χ1n) is 7.39. The molecule has 0 aliphatic heterocycles. The summed E-state index contributed by atoms with van der Waals surface area (Å²) in [4.78, 5) is 11.9. The Morgan fingerprint density at radius 2 is 1.78 bits per heavy atom. The number of hydrogen-bond acceptors (Lipinski definition) is 3. The SMILES string of the molecule is CCOc1ccc(/C(C)=N\NC(=O)Cc2ccc(Br)cc2)cc1. The molecule has 0 atom stereocenters. The van der Waals surface area contributed by atoms with Gasteiger partial charge < -0.3 is 4.74 Å². The lowest BCUT2D eigenvalue weighted by Gasteiger charge is -2.06. The molecule has 0 aliphatic rings. The van der Waals surface area contributed by atoms with Crippen LogP contribution in [-0.2, 0) is 11.2 Å². The minimum Gasteiger partial charge on any atom is -0.494 e. The van der Waals surface area contributed by atoms with Gasteiger partial charge in [0.05, 0.1) is 18.7 Å². The summed E-state index contributed by atoms with van der Waals surface area (Å²) in [7, 11) is 0. The van der Waals surface area contributed by atoms with Crippen molar-refractivity contribution in [2.45, 2.75) is 20.3 Å². The lowest BCUT2D eigenvalue weighted by molar-refractivity contribution is -0.120. The lowest BCUT2D eigenvalue weighted by Crippen LogP contribution is -2.21. The fourth-order valence-corrected chi connectivity index (χ4v) is 2.26. The average Bonchev–Trinajstić information content (AvgIpc) is 2.56. The molecule has 1 amide bonds. The van der Waals surface area contributed by atoms with Gasteiger partial charge in [-0.25, -0.2) is 5.43 Å². The maximum atomic E-state index is 11.9. The van der Waals surface area contributed by atoms with Crippen molar-refractivity contribution >= 4 is 27.5 Å². The molecule has 2 rings (SSSR count). The van der Waals surface area contributed by atoms with Gasteiger partial charge in [0, 0.05) is 4.47 Å². The summed E-state index contributed by atoms with van der Waals surface area (Å²) < 4.78 is 6.39. The highest BCUT2D eigenvalue weighted by atomic mass is 79.9. The van der Waals surface area contributed by atoms with Gasteiger partial charge in [-0.15, -0.1) is 0 Å². The van der Waals surface area contributed by atoms with Crippen LogP contribution in [0.2, 0.25) is 0 Å². The third-order valence-corrected chi connectivity index (χ3v) is 3.74. The number of amides is 1. The Bertz CT molecular complexity index is 679. The van der Waals surface area contributed by atoms with Crippen LogP contribution < -0.4 is 10.2 Å². The highest BCUT2D eigenvalue weighted by Gasteiger charge is 2.04. The molecule has 0 radical (unpaired) electrons. The van der Waals surface area contributed by atoms with Crippen molar-refractivity contribution in [3.05, 3.63) is 64.1 Å². The Kier molecular flexibility index (Phi) is 6.35. The van der Waals surface area contributed by atoms with Crippen LogP contribution in [-0.4, -0.2) is 18.2 Å². The van der Waals surface area contributed by atoms with E-state index in [-0.39, 0.29) is 5.91 Å². The molecule has 120 valence electrons. The zero-order valence-corrected chi connectivity index (χ0v) is 14.8. The number of rotatable bonds is 6. The van der Waals surface area contributed by atoms with Gasteiger partial charge in [0.2, 0.25) is 5.91 Å². The summed E-state index contributed by atoms with van der Waals surface area (Å²) >= 11 is 3.37. The van der Waals surface area contributed by atoms with Crippen molar-refractivity contribution in [2.75, 3.05) is 6.61 Å². The minimum atomic E-state index is -0.141. The maximum absolute atomic E-state index is 11.9. The first-order valence-corrected chi connectivity index (χ1v) is 8.18. The molecule has 2 aromatic rings.